The number of hydrogen-bond donors (Lipinski definition) is 0. The molecule has 0 aromatic heterocycles. The standard InChI is InChI=1S/C14H30O/c1-5-13(6-2)9-11-15-12-10-14(7-3)8-4/h13-14H,5-12H2,1-4H3. The van der Waals surface area contributed by atoms with Crippen molar-refractivity contribution in [1.82, 2.24) is 0 Å². The minimum atomic E-state index is 0.873. The normalized spacial score (nSPS) is 11.6. The van der Waals surface area contributed by atoms with Gasteiger partial charge in [-0.2, -0.15) is 0 Å². The third-order valence-corrected chi connectivity index (χ3v) is 3.65. The minimum Gasteiger partial charge on any atom is -0.381 e. The molecule has 0 saturated carbocycles. The Kier molecular flexibility index (Phi) is 10.4. The molecule has 0 aliphatic rings. The Morgan fingerprint density at radius 1 is 0.667 bits per heavy atom. The lowest BCUT2D eigenvalue weighted by Gasteiger charge is -2.14. The van der Waals surface area contributed by atoms with Crippen LogP contribution < -0.4 is 0 Å². The molecule has 0 heterocycles. The molecule has 92 valence electrons. The molecule has 0 atom stereocenters. The van der Waals surface area contributed by atoms with Gasteiger partial charge < -0.3 is 4.74 Å². The highest BCUT2D eigenvalue weighted by molar-refractivity contribution is 4.55. The van der Waals surface area contributed by atoms with Crippen LogP contribution in [0, 0.1) is 11.8 Å². The summed E-state index contributed by atoms with van der Waals surface area (Å²) in [6, 6.07) is 0. The molecule has 0 fully saturated rings. The molecule has 0 rings (SSSR count). The van der Waals surface area contributed by atoms with Gasteiger partial charge in [0.15, 0.2) is 0 Å². The Morgan fingerprint density at radius 2 is 1.00 bits per heavy atom. The van der Waals surface area contributed by atoms with Crippen LogP contribution in [-0.4, -0.2) is 13.2 Å². The van der Waals surface area contributed by atoms with Crippen molar-refractivity contribution in [1.29, 1.82) is 0 Å². The molecule has 0 bridgehead atoms. The van der Waals surface area contributed by atoms with Crippen molar-refractivity contribution in [3.8, 4) is 0 Å². The van der Waals surface area contributed by atoms with Gasteiger partial charge in [-0.15, -0.1) is 0 Å². The molecule has 0 aliphatic carbocycles. The molecule has 0 amide bonds. The fraction of sp³-hybridized carbons (Fsp3) is 1.00. The van der Waals surface area contributed by atoms with Crippen LogP contribution >= 0.6 is 0 Å². The van der Waals surface area contributed by atoms with Gasteiger partial charge in [-0.25, -0.2) is 0 Å². The molecule has 0 aromatic carbocycles. The quantitative estimate of drug-likeness (QED) is 0.481. The smallest absolute Gasteiger partial charge is 0.0468 e. The average molecular weight is 214 g/mol. The van der Waals surface area contributed by atoms with Gasteiger partial charge in [-0.3, -0.25) is 0 Å². The first-order chi connectivity index (χ1) is 7.28. The largest absolute Gasteiger partial charge is 0.381 e. The molecule has 0 aromatic rings. The fourth-order valence-electron chi connectivity index (χ4n) is 2.00. The molecule has 1 heteroatoms. The number of hydrogen-bond acceptors (Lipinski definition) is 1. The lowest BCUT2D eigenvalue weighted by molar-refractivity contribution is 0.105. The van der Waals surface area contributed by atoms with E-state index in [4.69, 9.17) is 4.74 Å². The van der Waals surface area contributed by atoms with Gasteiger partial charge in [0.2, 0.25) is 0 Å². The highest BCUT2D eigenvalue weighted by Gasteiger charge is 2.04. The SMILES string of the molecule is CCC(CC)CCOCCC(CC)CC. The number of ether oxygens (including phenoxy) is 1. The maximum absolute atomic E-state index is 5.70. The summed E-state index contributed by atoms with van der Waals surface area (Å²) in [5.41, 5.74) is 0. The van der Waals surface area contributed by atoms with Crippen molar-refractivity contribution in [2.24, 2.45) is 11.8 Å². The Labute approximate surface area is 96.6 Å². The van der Waals surface area contributed by atoms with Gasteiger partial charge in [0.1, 0.15) is 0 Å². The van der Waals surface area contributed by atoms with Crippen molar-refractivity contribution in [2.75, 3.05) is 13.2 Å². The van der Waals surface area contributed by atoms with Crippen molar-refractivity contribution >= 4 is 0 Å². The van der Waals surface area contributed by atoms with Crippen LogP contribution in [0.2, 0.25) is 0 Å². The second kappa shape index (κ2) is 10.5. The lowest BCUT2D eigenvalue weighted by atomic mass is 9.99. The zero-order valence-electron chi connectivity index (χ0n) is 11.2. The van der Waals surface area contributed by atoms with Crippen LogP contribution in [0.1, 0.15) is 66.2 Å². The van der Waals surface area contributed by atoms with Crippen LogP contribution in [0.3, 0.4) is 0 Å². The molecule has 0 radical (unpaired) electrons. The van der Waals surface area contributed by atoms with E-state index < -0.39 is 0 Å². The molecule has 0 spiro atoms. The lowest BCUT2D eigenvalue weighted by Crippen LogP contribution is -2.07. The Bertz CT molecular complexity index is 101. The first-order valence-electron chi connectivity index (χ1n) is 6.86. The number of rotatable bonds is 10. The second-order valence-electron chi connectivity index (χ2n) is 4.55. The zero-order chi connectivity index (χ0) is 11.5. The van der Waals surface area contributed by atoms with E-state index in [1.54, 1.807) is 0 Å². The van der Waals surface area contributed by atoms with Crippen molar-refractivity contribution in [3.63, 3.8) is 0 Å². The third kappa shape index (κ3) is 7.84. The Balaban J connectivity index is 3.30. The van der Waals surface area contributed by atoms with E-state index in [0.29, 0.717) is 0 Å². The van der Waals surface area contributed by atoms with Crippen LogP contribution in [-0.2, 0) is 4.74 Å². The van der Waals surface area contributed by atoms with E-state index in [1.807, 2.05) is 0 Å². The van der Waals surface area contributed by atoms with Crippen molar-refractivity contribution in [3.05, 3.63) is 0 Å². The first-order valence-corrected chi connectivity index (χ1v) is 6.86. The van der Waals surface area contributed by atoms with Gasteiger partial charge in [0.25, 0.3) is 0 Å². The minimum absolute atomic E-state index is 0.873. The zero-order valence-corrected chi connectivity index (χ0v) is 11.2. The van der Waals surface area contributed by atoms with E-state index in [9.17, 15) is 0 Å². The predicted molar refractivity (Wildman–Crippen MR) is 68.2 cm³/mol. The average Bonchev–Trinajstić information content (AvgIpc) is 2.29. The molecular formula is C14H30O. The second-order valence-corrected chi connectivity index (χ2v) is 4.55. The molecule has 15 heavy (non-hydrogen) atoms. The topological polar surface area (TPSA) is 9.23 Å². The van der Waals surface area contributed by atoms with Gasteiger partial charge in [0, 0.05) is 13.2 Å². The molecule has 1 nitrogen and oxygen atoms in total. The highest BCUT2D eigenvalue weighted by Crippen LogP contribution is 2.14. The fourth-order valence-corrected chi connectivity index (χ4v) is 2.00. The van der Waals surface area contributed by atoms with E-state index in [2.05, 4.69) is 27.7 Å². The maximum atomic E-state index is 5.70. The van der Waals surface area contributed by atoms with Crippen molar-refractivity contribution in [2.45, 2.75) is 66.2 Å². The highest BCUT2D eigenvalue weighted by atomic mass is 16.5. The van der Waals surface area contributed by atoms with Crippen LogP contribution in [0.15, 0.2) is 0 Å². The van der Waals surface area contributed by atoms with Gasteiger partial charge in [-0.05, 0) is 24.7 Å². The molecule has 0 aliphatic heterocycles. The Morgan fingerprint density at radius 3 is 1.27 bits per heavy atom. The summed E-state index contributed by atoms with van der Waals surface area (Å²) in [7, 11) is 0. The van der Waals surface area contributed by atoms with Crippen LogP contribution in [0.4, 0.5) is 0 Å². The van der Waals surface area contributed by atoms with Crippen LogP contribution in [0.5, 0.6) is 0 Å². The molecule has 0 N–H and O–H groups in total. The maximum Gasteiger partial charge on any atom is 0.0468 e. The van der Waals surface area contributed by atoms with Gasteiger partial charge in [0.05, 0.1) is 0 Å². The van der Waals surface area contributed by atoms with Crippen molar-refractivity contribution < 1.29 is 4.74 Å². The summed E-state index contributed by atoms with van der Waals surface area (Å²) in [6.45, 7) is 11.0. The van der Waals surface area contributed by atoms with E-state index in [0.717, 1.165) is 25.0 Å². The van der Waals surface area contributed by atoms with Gasteiger partial charge in [-0.1, -0.05) is 53.4 Å². The summed E-state index contributed by atoms with van der Waals surface area (Å²) >= 11 is 0. The van der Waals surface area contributed by atoms with Crippen LogP contribution in [0.25, 0.3) is 0 Å². The summed E-state index contributed by atoms with van der Waals surface area (Å²) in [5, 5.41) is 0. The van der Waals surface area contributed by atoms with E-state index >= 15 is 0 Å². The Hall–Kier alpha value is -0.0400. The summed E-state index contributed by atoms with van der Waals surface area (Å²) in [6.07, 6.45) is 7.68. The summed E-state index contributed by atoms with van der Waals surface area (Å²) in [5.74, 6) is 1.75. The first kappa shape index (κ1) is 15.0. The molecule has 0 unspecified atom stereocenters. The molecule has 0 saturated heterocycles. The predicted octanol–water partition coefficient (Wildman–Crippen LogP) is 4.66. The monoisotopic (exact) mass is 214 g/mol. The summed E-state index contributed by atoms with van der Waals surface area (Å²) < 4.78 is 5.70. The molecular weight excluding hydrogens is 184 g/mol. The third-order valence-electron chi connectivity index (χ3n) is 3.65. The van der Waals surface area contributed by atoms with E-state index in [1.165, 1.54) is 38.5 Å². The summed E-state index contributed by atoms with van der Waals surface area (Å²) in [4.78, 5) is 0. The van der Waals surface area contributed by atoms with E-state index in [-0.39, 0.29) is 0 Å². The van der Waals surface area contributed by atoms with Gasteiger partial charge >= 0.3 is 0 Å².